The summed E-state index contributed by atoms with van der Waals surface area (Å²) in [5.41, 5.74) is -6.42. The standard InChI is InChI=1S/C20H24F6N2O5/c1-14(29)33-11-3-2-8-28(17(30)27-9-12-32-13-10-27)16-6-4-15(5-7-16)18(31,19(21,22)23)20(24,25)26/h4-7,31H,2-3,8-13H2,1H3. The first-order valence-corrected chi connectivity index (χ1v) is 10.0. The summed E-state index contributed by atoms with van der Waals surface area (Å²) >= 11 is 0. The maximum absolute atomic E-state index is 13.1. The maximum atomic E-state index is 13.1. The Hall–Kier alpha value is -2.54. The number of carbonyl (C=O) groups excluding carboxylic acids is 2. The zero-order chi connectivity index (χ0) is 24.9. The number of rotatable bonds is 7. The van der Waals surface area contributed by atoms with Gasteiger partial charge < -0.3 is 19.5 Å². The number of alkyl halides is 6. The quantitative estimate of drug-likeness (QED) is 0.362. The number of nitrogens with zero attached hydrogens (tertiary/aromatic N) is 2. The van der Waals surface area contributed by atoms with Crippen molar-refractivity contribution in [3.63, 3.8) is 0 Å². The first-order chi connectivity index (χ1) is 15.3. The molecule has 1 aromatic rings. The van der Waals surface area contributed by atoms with E-state index in [4.69, 9.17) is 9.47 Å². The van der Waals surface area contributed by atoms with Crippen LogP contribution in [0.15, 0.2) is 24.3 Å². The van der Waals surface area contributed by atoms with Crippen LogP contribution in [0.25, 0.3) is 0 Å². The molecule has 33 heavy (non-hydrogen) atoms. The first-order valence-electron chi connectivity index (χ1n) is 10.0. The number of benzene rings is 1. The number of anilines is 1. The molecule has 1 heterocycles. The van der Waals surface area contributed by atoms with E-state index in [9.17, 15) is 41.0 Å². The molecule has 1 fully saturated rings. The Labute approximate surface area is 185 Å². The Morgan fingerprint density at radius 1 is 1.03 bits per heavy atom. The summed E-state index contributed by atoms with van der Waals surface area (Å²) in [6.07, 6.45) is -11.3. The second-order valence-electron chi connectivity index (χ2n) is 7.33. The van der Waals surface area contributed by atoms with Crippen LogP contribution in [0.3, 0.4) is 0 Å². The third-order valence-corrected chi connectivity index (χ3v) is 5.01. The molecule has 0 aliphatic carbocycles. The van der Waals surface area contributed by atoms with Crippen molar-refractivity contribution in [2.24, 2.45) is 0 Å². The molecule has 1 aliphatic rings. The summed E-state index contributed by atoms with van der Waals surface area (Å²) in [5.74, 6) is -0.478. The molecular formula is C20H24F6N2O5. The molecule has 1 N–H and O–H groups in total. The van der Waals surface area contributed by atoms with Crippen LogP contribution in [0, 0.1) is 0 Å². The summed E-state index contributed by atoms with van der Waals surface area (Å²) in [7, 11) is 0. The van der Waals surface area contributed by atoms with Crippen molar-refractivity contribution in [2.45, 2.75) is 37.7 Å². The van der Waals surface area contributed by atoms with Crippen LogP contribution in [-0.4, -0.2) is 73.8 Å². The fourth-order valence-electron chi connectivity index (χ4n) is 3.22. The van der Waals surface area contributed by atoms with Crippen LogP contribution in [-0.2, 0) is 19.9 Å². The summed E-state index contributed by atoms with van der Waals surface area (Å²) in [6.45, 7) is 2.51. The van der Waals surface area contributed by atoms with Crippen LogP contribution in [0.4, 0.5) is 36.8 Å². The molecule has 1 aliphatic heterocycles. The van der Waals surface area contributed by atoms with Gasteiger partial charge >= 0.3 is 24.4 Å². The lowest BCUT2D eigenvalue weighted by Crippen LogP contribution is -2.54. The van der Waals surface area contributed by atoms with Gasteiger partial charge in [-0.3, -0.25) is 9.69 Å². The van der Waals surface area contributed by atoms with E-state index in [0.717, 1.165) is 12.1 Å². The molecular weight excluding hydrogens is 462 g/mol. The number of ether oxygens (including phenoxy) is 2. The Bertz CT molecular complexity index is 793. The van der Waals surface area contributed by atoms with Crippen molar-refractivity contribution in [3.8, 4) is 0 Å². The second kappa shape index (κ2) is 10.6. The molecule has 7 nitrogen and oxygen atoms in total. The molecule has 0 unspecified atom stereocenters. The molecule has 0 atom stereocenters. The van der Waals surface area contributed by atoms with Crippen LogP contribution in [0.2, 0.25) is 0 Å². The maximum Gasteiger partial charge on any atom is 0.430 e. The number of hydrogen-bond acceptors (Lipinski definition) is 5. The molecule has 1 aromatic carbocycles. The number of aliphatic hydroxyl groups is 1. The smallest absolute Gasteiger partial charge is 0.430 e. The summed E-state index contributed by atoms with van der Waals surface area (Å²) < 4.78 is 88.7. The number of unbranched alkanes of at least 4 members (excludes halogenated alkanes) is 1. The van der Waals surface area contributed by atoms with Gasteiger partial charge in [-0.1, -0.05) is 12.1 Å². The first kappa shape index (κ1) is 26.7. The molecule has 0 saturated carbocycles. The minimum Gasteiger partial charge on any atom is -0.466 e. The Balaban J connectivity index is 2.28. The van der Waals surface area contributed by atoms with E-state index in [-0.39, 0.29) is 45.1 Å². The predicted octanol–water partition coefficient (Wildman–Crippen LogP) is 3.60. The highest BCUT2D eigenvalue weighted by Crippen LogP contribution is 2.50. The van der Waals surface area contributed by atoms with E-state index >= 15 is 0 Å². The minimum atomic E-state index is -6.01. The van der Waals surface area contributed by atoms with Gasteiger partial charge in [-0.15, -0.1) is 0 Å². The molecule has 2 amide bonds. The van der Waals surface area contributed by atoms with Crippen molar-refractivity contribution in [2.75, 3.05) is 44.4 Å². The molecule has 2 rings (SSSR count). The van der Waals surface area contributed by atoms with Gasteiger partial charge in [-0.25, -0.2) is 4.79 Å². The van der Waals surface area contributed by atoms with E-state index in [2.05, 4.69) is 0 Å². The molecule has 0 bridgehead atoms. The van der Waals surface area contributed by atoms with Gasteiger partial charge in [0.2, 0.25) is 0 Å². The van der Waals surface area contributed by atoms with Gasteiger partial charge in [-0.2, -0.15) is 26.3 Å². The van der Waals surface area contributed by atoms with Gasteiger partial charge in [0.15, 0.2) is 0 Å². The minimum absolute atomic E-state index is 0.0504. The summed E-state index contributed by atoms with van der Waals surface area (Å²) in [6, 6.07) is 2.33. The number of halogens is 6. The SMILES string of the molecule is CC(=O)OCCCCN(C(=O)N1CCOCC1)c1ccc(C(O)(C(F)(F)F)C(F)(F)F)cc1. The largest absolute Gasteiger partial charge is 0.466 e. The van der Waals surface area contributed by atoms with Crippen LogP contribution >= 0.6 is 0 Å². The van der Waals surface area contributed by atoms with Crippen molar-refractivity contribution in [3.05, 3.63) is 29.8 Å². The van der Waals surface area contributed by atoms with E-state index in [1.807, 2.05) is 0 Å². The third-order valence-electron chi connectivity index (χ3n) is 5.01. The van der Waals surface area contributed by atoms with E-state index in [0.29, 0.717) is 25.0 Å². The van der Waals surface area contributed by atoms with Crippen molar-refractivity contribution >= 4 is 17.7 Å². The highest BCUT2D eigenvalue weighted by atomic mass is 19.4. The zero-order valence-electron chi connectivity index (χ0n) is 17.7. The van der Waals surface area contributed by atoms with Crippen molar-refractivity contribution in [1.29, 1.82) is 0 Å². The average molecular weight is 486 g/mol. The fraction of sp³-hybridized carbons (Fsp3) is 0.600. The van der Waals surface area contributed by atoms with Gasteiger partial charge in [0, 0.05) is 37.8 Å². The number of amides is 2. The summed E-state index contributed by atoms with van der Waals surface area (Å²) in [5, 5.41) is 9.55. The highest BCUT2D eigenvalue weighted by Gasteiger charge is 2.71. The number of esters is 1. The van der Waals surface area contributed by atoms with Gasteiger partial charge in [0.05, 0.1) is 19.8 Å². The van der Waals surface area contributed by atoms with Gasteiger partial charge in [0.25, 0.3) is 5.60 Å². The van der Waals surface area contributed by atoms with Crippen LogP contribution < -0.4 is 4.90 Å². The van der Waals surface area contributed by atoms with Crippen LogP contribution in [0.1, 0.15) is 25.3 Å². The lowest BCUT2D eigenvalue weighted by molar-refractivity contribution is -0.376. The van der Waals surface area contributed by atoms with Gasteiger partial charge in [0.1, 0.15) is 0 Å². The molecule has 186 valence electrons. The Morgan fingerprint density at radius 2 is 1.58 bits per heavy atom. The van der Waals surface area contributed by atoms with E-state index in [1.54, 1.807) is 0 Å². The van der Waals surface area contributed by atoms with Crippen molar-refractivity contribution < 1.29 is 50.5 Å². The predicted molar refractivity (Wildman–Crippen MR) is 103 cm³/mol. The molecule has 0 aromatic heterocycles. The lowest BCUT2D eigenvalue weighted by Gasteiger charge is -2.34. The monoisotopic (exact) mass is 486 g/mol. The lowest BCUT2D eigenvalue weighted by atomic mass is 9.92. The van der Waals surface area contributed by atoms with Crippen LogP contribution in [0.5, 0.6) is 0 Å². The number of morpholine rings is 1. The molecule has 0 radical (unpaired) electrons. The van der Waals surface area contributed by atoms with Gasteiger partial charge in [-0.05, 0) is 25.0 Å². The third kappa shape index (κ3) is 6.28. The number of carbonyl (C=O) groups is 2. The molecule has 1 saturated heterocycles. The normalized spacial score (nSPS) is 15.3. The molecule has 13 heteroatoms. The van der Waals surface area contributed by atoms with E-state index < -0.39 is 35.5 Å². The summed E-state index contributed by atoms with van der Waals surface area (Å²) in [4.78, 5) is 26.5. The second-order valence-corrected chi connectivity index (χ2v) is 7.33. The topological polar surface area (TPSA) is 79.3 Å². The number of urea groups is 1. The van der Waals surface area contributed by atoms with E-state index in [1.165, 1.54) is 16.7 Å². The highest BCUT2D eigenvalue weighted by molar-refractivity contribution is 5.92. The Morgan fingerprint density at radius 3 is 2.06 bits per heavy atom. The molecule has 0 spiro atoms. The average Bonchev–Trinajstić information content (AvgIpc) is 2.74. The Kier molecular flexibility index (Phi) is 8.57. The fourth-order valence-corrected chi connectivity index (χ4v) is 3.22. The van der Waals surface area contributed by atoms with Crippen molar-refractivity contribution in [1.82, 2.24) is 4.90 Å². The zero-order valence-corrected chi connectivity index (χ0v) is 17.7. The number of hydrogen-bond donors (Lipinski definition) is 1.